The first-order valence-corrected chi connectivity index (χ1v) is 11.4. The number of methoxy groups -OCH3 is 2. The van der Waals surface area contributed by atoms with Crippen molar-refractivity contribution >= 4 is 23.5 Å². The lowest BCUT2D eigenvalue weighted by atomic mass is 10.1. The molecule has 184 valence electrons. The Balaban J connectivity index is 1.34. The average molecular weight is 488 g/mol. The van der Waals surface area contributed by atoms with Crippen LogP contribution in [0.4, 0.5) is 5.69 Å². The average Bonchev–Trinajstić information content (AvgIpc) is 3.44. The van der Waals surface area contributed by atoms with Crippen LogP contribution in [0.15, 0.2) is 66.7 Å². The fourth-order valence-corrected chi connectivity index (χ4v) is 4.50. The summed E-state index contributed by atoms with van der Waals surface area (Å²) in [6.07, 6.45) is -0.561. The summed E-state index contributed by atoms with van der Waals surface area (Å²) in [5, 5.41) is 2.85. The lowest BCUT2D eigenvalue weighted by molar-refractivity contribution is -0.144. The van der Waals surface area contributed by atoms with E-state index in [9.17, 15) is 14.4 Å². The molecule has 0 saturated carbocycles. The van der Waals surface area contributed by atoms with Gasteiger partial charge in [-0.1, -0.05) is 18.2 Å². The number of esters is 1. The zero-order valence-corrected chi connectivity index (χ0v) is 19.7. The first kappa shape index (κ1) is 23.2. The highest BCUT2D eigenvalue weighted by Gasteiger charge is 2.47. The number of fused-ring (bicyclic) bond motifs is 1. The van der Waals surface area contributed by atoms with E-state index in [4.69, 9.17) is 18.9 Å². The number of hydrogen-bond acceptors (Lipinski definition) is 7. The minimum absolute atomic E-state index is 0.165. The van der Waals surface area contributed by atoms with E-state index in [1.807, 2.05) is 30.3 Å². The molecule has 5 rings (SSSR count). The Hall–Kier alpha value is -4.53. The van der Waals surface area contributed by atoms with Crippen molar-refractivity contribution in [1.82, 2.24) is 4.90 Å². The van der Waals surface area contributed by atoms with Crippen molar-refractivity contribution in [3.8, 4) is 23.0 Å². The molecule has 0 aromatic heterocycles. The highest BCUT2D eigenvalue weighted by Crippen LogP contribution is 2.45. The molecule has 1 saturated heterocycles. The van der Waals surface area contributed by atoms with E-state index in [2.05, 4.69) is 5.32 Å². The van der Waals surface area contributed by atoms with Crippen LogP contribution in [0.3, 0.4) is 0 Å². The van der Waals surface area contributed by atoms with Crippen molar-refractivity contribution in [2.45, 2.75) is 25.1 Å². The van der Waals surface area contributed by atoms with Crippen molar-refractivity contribution in [3.63, 3.8) is 0 Å². The maximum atomic E-state index is 13.2. The third-order valence-electron chi connectivity index (χ3n) is 6.18. The number of likely N-dealkylation sites (tertiary alicyclic amines) is 1. The molecule has 0 spiro atoms. The van der Waals surface area contributed by atoms with Crippen LogP contribution in [-0.2, 0) is 14.3 Å². The molecule has 0 aliphatic carbocycles. The van der Waals surface area contributed by atoms with E-state index >= 15 is 0 Å². The highest BCUT2D eigenvalue weighted by atomic mass is 16.6. The second-order valence-electron chi connectivity index (χ2n) is 8.31. The predicted molar refractivity (Wildman–Crippen MR) is 129 cm³/mol. The Morgan fingerprint density at radius 3 is 2.36 bits per heavy atom. The summed E-state index contributed by atoms with van der Waals surface area (Å²) in [7, 11) is 2.89. The molecule has 1 N–H and O–H groups in total. The van der Waals surface area contributed by atoms with Gasteiger partial charge in [-0.05, 0) is 55.0 Å². The van der Waals surface area contributed by atoms with Gasteiger partial charge in [-0.2, -0.15) is 0 Å². The van der Waals surface area contributed by atoms with Gasteiger partial charge in [0.15, 0.2) is 11.5 Å². The molecule has 0 bridgehead atoms. The van der Waals surface area contributed by atoms with Gasteiger partial charge >= 0.3 is 5.97 Å². The minimum Gasteiger partial charge on any atom is -0.493 e. The number of hydrogen-bond donors (Lipinski definition) is 1. The molecule has 0 radical (unpaired) electrons. The monoisotopic (exact) mass is 488 g/mol. The van der Waals surface area contributed by atoms with Crippen LogP contribution in [0.25, 0.3) is 0 Å². The Bertz CT molecular complexity index is 1310. The van der Waals surface area contributed by atoms with Crippen LogP contribution in [0.1, 0.15) is 35.0 Å². The maximum absolute atomic E-state index is 13.2. The first-order valence-electron chi connectivity index (χ1n) is 11.4. The number of rotatable bonds is 7. The van der Waals surface area contributed by atoms with Gasteiger partial charge in [0.05, 0.1) is 14.2 Å². The molecule has 2 aliphatic rings. The summed E-state index contributed by atoms with van der Waals surface area (Å²) >= 11 is 0. The van der Waals surface area contributed by atoms with E-state index in [1.54, 1.807) is 36.4 Å². The number of amides is 2. The Morgan fingerprint density at radius 2 is 1.67 bits per heavy atom. The van der Waals surface area contributed by atoms with E-state index in [0.717, 1.165) is 0 Å². The molecule has 2 heterocycles. The lowest BCUT2D eigenvalue weighted by Crippen LogP contribution is -2.43. The number of carbonyl (C=O) groups is 3. The molecule has 2 amide bonds. The van der Waals surface area contributed by atoms with Gasteiger partial charge in [0, 0.05) is 17.7 Å². The van der Waals surface area contributed by atoms with Crippen LogP contribution in [0, 0.1) is 0 Å². The van der Waals surface area contributed by atoms with Gasteiger partial charge < -0.3 is 24.3 Å². The van der Waals surface area contributed by atoms with E-state index < -0.39 is 18.2 Å². The summed E-state index contributed by atoms with van der Waals surface area (Å²) < 4.78 is 22.0. The highest BCUT2D eigenvalue weighted by molar-refractivity contribution is 6.01. The van der Waals surface area contributed by atoms with Crippen molar-refractivity contribution in [2.24, 2.45) is 0 Å². The summed E-state index contributed by atoms with van der Waals surface area (Å²) in [4.78, 5) is 40.1. The molecular formula is C27H24N2O7. The van der Waals surface area contributed by atoms with Crippen molar-refractivity contribution < 1.29 is 33.3 Å². The first-order chi connectivity index (χ1) is 17.5. The smallest absolute Gasteiger partial charge is 0.344 e. The number of benzene rings is 3. The maximum Gasteiger partial charge on any atom is 0.344 e. The fraction of sp³-hybridized carbons (Fsp3) is 0.222. The number of carbonyl (C=O) groups excluding carboxylic acids is 3. The van der Waals surface area contributed by atoms with Gasteiger partial charge in [-0.3, -0.25) is 14.5 Å². The van der Waals surface area contributed by atoms with E-state index in [-0.39, 0.29) is 29.5 Å². The minimum atomic E-state index is -1.03. The van der Waals surface area contributed by atoms with Crippen molar-refractivity contribution in [2.75, 3.05) is 19.5 Å². The number of nitrogens with one attached hydrogen (secondary N) is 1. The molecule has 2 aliphatic heterocycles. The molecule has 36 heavy (non-hydrogen) atoms. The third kappa shape index (κ3) is 4.19. The molecule has 3 aromatic carbocycles. The molecular weight excluding hydrogens is 464 g/mol. The molecule has 9 nitrogen and oxygen atoms in total. The Morgan fingerprint density at radius 1 is 0.944 bits per heavy atom. The lowest BCUT2D eigenvalue weighted by Gasteiger charge is -2.29. The summed E-state index contributed by atoms with van der Waals surface area (Å²) in [6, 6.07) is 18.8. The number of nitrogens with zero attached hydrogens (tertiary/aromatic N) is 1. The summed E-state index contributed by atoms with van der Waals surface area (Å²) in [6.45, 7) is 0. The number of anilines is 1. The van der Waals surface area contributed by atoms with E-state index in [1.165, 1.54) is 19.1 Å². The molecule has 3 aromatic rings. The van der Waals surface area contributed by atoms with Gasteiger partial charge in [0.25, 0.3) is 0 Å². The zero-order valence-electron chi connectivity index (χ0n) is 19.7. The number of cyclic esters (lactones) is 1. The van der Waals surface area contributed by atoms with Gasteiger partial charge in [-0.15, -0.1) is 0 Å². The Kier molecular flexibility index (Phi) is 6.20. The zero-order chi connectivity index (χ0) is 25.2. The predicted octanol–water partition coefficient (Wildman–Crippen LogP) is 4.29. The summed E-state index contributed by atoms with van der Waals surface area (Å²) in [5.41, 5.74) is 1.19. The third-order valence-corrected chi connectivity index (χ3v) is 6.18. The number of ether oxygens (including phenoxy) is 4. The second-order valence-corrected chi connectivity index (χ2v) is 8.31. The van der Waals surface area contributed by atoms with Gasteiger partial charge in [0.2, 0.25) is 18.0 Å². The normalized spacial score (nSPS) is 18.4. The largest absolute Gasteiger partial charge is 0.493 e. The van der Waals surface area contributed by atoms with Crippen LogP contribution in [-0.4, -0.2) is 42.9 Å². The SMILES string of the molecule is COc1ccc2c(c1OC)C(=O)O[C@H]2N1C(=O)CC[C@H]1C(=O)Nc1ccc(Oc2ccccc2)cc1. The van der Waals surface area contributed by atoms with E-state index in [0.29, 0.717) is 34.9 Å². The van der Waals surface area contributed by atoms with Crippen LogP contribution >= 0.6 is 0 Å². The van der Waals surface area contributed by atoms with Crippen molar-refractivity contribution in [1.29, 1.82) is 0 Å². The van der Waals surface area contributed by atoms with Crippen LogP contribution in [0.5, 0.6) is 23.0 Å². The molecule has 9 heteroatoms. The number of para-hydroxylation sites is 1. The quantitative estimate of drug-likeness (QED) is 0.495. The molecule has 0 unspecified atom stereocenters. The molecule has 2 atom stereocenters. The molecule has 1 fully saturated rings. The van der Waals surface area contributed by atoms with Gasteiger partial charge in [0.1, 0.15) is 23.1 Å². The fourth-order valence-electron chi connectivity index (χ4n) is 4.50. The topological polar surface area (TPSA) is 103 Å². The van der Waals surface area contributed by atoms with Crippen molar-refractivity contribution in [3.05, 3.63) is 77.9 Å². The van der Waals surface area contributed by atoms with Crippen LogP contribution in [0.2, 0.25) is 0 Å². The van der Waals surface area contributed by atoms with Gasteiger partial charge in [-0.25, -0.2) is 4.79 Å². The standard InChI is InChI=1S/C27H24N2O7/c1-33-21-14-12-19-23(24(21)34-2)27(32)36-26(19)29-20(13-15-22(29)30)25(31)28-16-8-10-18(11-9-16)35-17-6-4-3-5-7-17/h3-12,14,20,26H,13,15H2,1-2H3,(H,28,31)/t20-,26+/m0/s1. The summed E-state index contributed by atoms with van der Waals surface area (Å²) in [5.74, 6) is 0.637. The Labute approximate surface area is 207 Å². The second kappa shape index (κ2) is 9.61. The van der Waals surface area contributed by atoms with Crippen LogP contribution < -0.4 is 19.5 Å².